The lowest BCUT2D eigenvalue weighted by Gasteiger charge is -1.98. The van der Waals surface area contributed by atoms with Gasteiger partial charge in [0.2, 0.25) is 0 Å². The molecule has 0 saturated heterocycles. The van der Waals surface area contributed by atoms with Gasteiger partial charge in [0.05, 0.1) is 17.5 Å². The summed E-state index contributed by atoms with van der Waals surface area (Å²) >= 11 is 1.64. The number of rotatable bonds is 4. The third kappa shape index (κ3) is 3.41. The second kappa shape index (κ2) is 5.97. The van der Waals surface area contributed by atoms with Gasteiger partial charge in [-0.25, -0.2) is 0 Å². The SMILES string of the molecule is Cc1ccc(SCc2noc(-c3cncc(O)c3)n2)cc1. The van der Waals surface area contributed by atoms with Gasteiger partial charge in [-0.2, -0.15) is 4.98 Å². The van der Waals surface area contributed by atoms with E-state index in [2.05, 4.69) is 46.3 Å². The number of thioether (sulfide) groups is 1. The predicted molar refractivity (Wildman–Crippen MR) is 79.9 cm³/mol. The molecule has 6 heteroatoms. The third-order valence-corrected chi connectivity index (χ3v) is 3.84. The fraction of sp³-hybridized carbons (Fsp3) is 0.133. The molecule has 21 heavy (non-hydrogen) atoms. The maximum absolute atomic E-state index is 9.40. The molecule has 0 aliphatic rings. The molecule has 0 aliphatic carbocycles. The molecule has 0 unspecified atom stereocenters. The van der Waals surface area contributed by atoms with Crippen molar-refractivity contribution in [2.45, 2.75) is 17.6 Å². The molecule has 2 heterocycles. The first-order chi connectivity index (χ1) is 10.2. The summed E-state index contributed by atoms with van der Waals surface area (Å²) in [6.07, 6.45) is 2.93. The first-order valence-electron chi connectivity index (χ1n) is 6.37. The van der Waals surface area contributed by atoms with E-state index in [0.717, 1.165) is 4.90 Å². The summed E-state index contributed by atoms with van der Waals surface area (Å²) in [6, 6.07) is 9.82. The average molecular weight is 299 g/mol. The molecule has 0 saturated carbocycles. The maximum Gasteiger partial charge on any atom is 0.259 e. The van der Waals surface area contributed by atoms with E-state index in [-0.39, 0.29) is 5.75 Å². The Balaban J connectivity index is 1.69. The summed E-state index contributed by atoms with van der Waals surface area (Å²) in [6.45, 7) is 2.06. The van der Waals surface area contributed by atoms with Crippen LogP contribution in [0, 0.1) is 6.92 Å². The zero-order valence-corrected chi connectivity index (χ0v) is 12.2. The standard InChI is InChI=1S/C15H13N3O2S/c1-10-2-4-13(5-3-10)21-9-14-17-15(20-18-14)11-6-12(19)8-16-7-11/h2-8,19H,9H2,1H3. The van der Waals surface area contributed by atoms with Crippen molar-refractivity contribution in [1.82, 2.24) is 15.1 Å². The van der Waals surface area contributed by atoms with E-state index in [1.807, 2.05) is 0 Å². The Bertz CT molecular complexity index is 741. The van der Waals surface area contributed by atoms with Crippen LogP contribution in [0.1, 0.15) is 11.4 Å². The molecule has 1 aromatic carbocycles. The highest BCUT2D eigenvalue weighted by molar-refractivity contribution is 7.98. The first kappa shape index (κ1) is 13.6. The van der Waals surface area contributed by atoms with Crippen molar-refractivity contribution < 1.29 is 9.63 Å². The fourth-order valence-electron chi connectivity index (χ4n) is 1.76. The van der Waals surface area contributed by atoms with Gasteiger partial charge in [-0.15, -0.1) is 11.8 Å². The van der Waals surface area contributed by atoms with E-state index in [9.17, 15) is 5.11 Å². The van der Waals surface area contributed by atoms with Crippen LogP contribution in [0.3, 0.4) is 0 Å². The molecule has 1 N–H and O–H groups in total. The molecular formula is C15H13N3O2S. The lowest BCUT2D eigenvalue weighted by atomic mass is 10.2. The van der Waals surface area contributed by atoms with Crippen LogP contribution < -0.4 is 0 Å². The lowest BCUT2D eigenvalue weighted by Crippen LogP contribution is -1.85. The predicted octanol–water partition coefficient (Wildman–Crippen LogP) is 3.44. The molecule has 0 atom stereocenters. The minimum absolute atomic E-state index is 0.0706. The highest BCUT2D eigenvalue weighted by Gasteiger charge is 2.10. The number of aryl methyl sites for hydroxylation is 1. The van der Waals surface area contributed by atoms with E-state index in [1.54, 1.807) is 18.0 Å². The minimum atomic E-state index is 0.0706. The highest BCUT2D eigenvalue weighted by Crippen LogP contribution is 2.24. The van der Waals surface area contributed by atoms with Crippen LogP contribution in [0.5, 0.6) is 5.75 Å². The van der Waals surface area contributed by atoms with E-state index >= 15 is 0 Å². The Morgan fingerprint density at radius 2 is 2.00 bits per heavy atom. The van der Waals surface area contributed by atoms with Crippen molar-refractivity contribution >= 4 is 11.8 Å². The van der Waals surface area contributed by atoms with E-state index in [4.69, 9.17) is 4.52 Å². The topological polar surface area (TPSA) is 72.0 Å². The van der Waals surface area contributed by atoms with Crippen molar-refractivity contribution in [3.63, 3.8) is 0 Å². The van der Waals surface area contributed by atoms with Crippen LogP contribution in [0.25, 0.3) is 11.5 Å². The monoisotopic (exact) mass is 299 g/mol. The van der Waals surface area contributed by atoms with Crippen molar-refractivity contribution in [3.05, 3.63) is 54.1 Å². The zero-order valence-electron chi connectivity index (χ0n) is 11.4. The van der Waals surface area contributed by atoms with Gasteiger partial charge in [0.15, 0.2) is 5.82 Å². The number of aromatic nitrogens is 3. The number of hydrogen-bond donors (Lipinski definition) is 1. The molecule has 0 amide bonds. The second-order valence-corrected chi connectivity index (χ2v) is 5.60. The van der Waals surface area contributed by atoms with E-state index in [1.165, 1.54) is 17.8 Å². The fourth-order valence-corrected chi connectivity index (χ4v) is 2.50. The summed E-state index contributed by atoms with van der Waals surface area (Å²) in [5.41, 5.74) is 1.84. The van der Waals surface area contributed by atoms with Gasteiger partial charge in [0.1, 0.15) is 5.75 Å². The van der Waals surface area contributed by atoms with Crippen LogP contribution in [0.2, 0.25) is 0 Å². The Morgan fingerprint density at radius 3 is 2.76 bits per heavy atom. The molecule has 5 nitrogen and oxygen atoms in total. The second-order valence-electron chi connectivity index (χ2n) is 4.55. The third-order valence-electron chi connectivity index (χ3n) is 2.83. The van der Waals surface area contributed by atoms with Crippen LogP contribution in [-0.2, 0) is 5.75 Å². The van der Waals surface area contributed by atoms with Gasteiger partial charge in [-0.05, 0) is 25.1 Å². The number of pyridine rings is 1. The zero-order chi connectivity index (χ0) is 14.7. The molecule has 0 spiro atoms. The van der Waals surface area contributed by atoms with Crippen LogP contribution >= 0.6 is 11.8 Å². The maximum atomic E-state index is 9.40. The first-order valence-corrected chi connectivity index (χ1v) is 7.36. The summed E-state index contributed by atoms with van der Waals surface area (Å²) in [7, 11) is 0. The van der Waals surface area contributed by atoms with Gasteiger partial charge in [0, 0.05) is 11.1 Å². The van der Waals surface area contributed by atoms with Gasteiger partial charge < -0.3 is 9.63 Å². The number of aromatic hydroxyl groups is 1. The molecule has 0 bridgehead atoms. The van der Waals surface area contributed by atoms with Gasteiger partial charge in [-0.1, -0.05) is 22.9 Å². The summed E-state index contributed by atoms with van der Waals surface area (Å²) in [4.78, 5) is 9.35. The van der Waals surface area contributed by atoms with Crippen molar-refractivity contribution in [3.8, 4) is 17.2 Å². The van der Waals surface area contributed by atoms with Gasteiger partial charge >= 0.3 is 0 Å². The minimum Gasteiger partial charge on any atom is -0.506 e. The van der Waals surface area contributed by atoms with Gasteiger partial charge in [-0.3, -0.25) is 4.98 Å². The lowest BCUT2D eigenvalue weighted by molar-refractivity contribution is 0.424. The van der Waals surface area contributed by atoms with Crippen LogP contribution in [0.4, 0.5) is 0 Å². The van der Waals surface area contributed by atoms with E-state index < -0.39 is 0 Å². The molecule has 3 aromatic rings. The Kier molecular flexibility index (Phi) is 3.87. The molecule has 0 radical (unpaired) electrons. The van der Waals surface area contributed by atoms with Crippen LogP contribution in [-0.4, -0.2) is 20.2 Å². The normalized spacial score (nSPS) is 10.7. The number of benzene rings is 1. The van der Waals surface area contributed by atoms with Crippen molar-refractivity contribution in [1.29, 1.82) is 0 Å². The highest BCUT2D eigenvalue weighted by atomic mass is 32.2. The average Bonchev–Trinajstić information content (AvgIpc) is 2.96. The number of nitrogens with zero attached hydrogens (tertiary/aromatic N) is 3. The smallest absolute Gasteiger partial charge is 0.259 e. The van der Waals surface area contributed by atoms with Crippen LogP contribution in [0.15, 0.2) is 52.1 Å². The van der Waals surface area contributed by atoms with Gasteiger partial charge in [0.25, 0.3) is 5.89 Å². The molecule has 3 rings (SSSR count). The molecular weight excluding hydrogens is 286 g/mol. The molecule has 0 fully saturated rings. The summed E-state index contributed by atoms with van der Waals surface area (Å²) in [5.74, 6) is 1.66. The van der Waals surface area contributed by atoms with Crippen molar-refractivity contribution in [2.75, 3.05) is 0 Å². The Labute approximate surface area is 126 Å². The Morgan fingerprint density at radius 1 is 1.19 bits per heavy atom. The van der Waals surface area contributed by atoms with Crippen molar-refractivity contribution in [2.24, 2.45) is 0 Å². The quantitative estimate of drug-likeness (QED) is 0.744. The summed E-state index contributed by atoms with van der Waals surface area (Å²) in [5, 5.41) is 13.3. The molecule has 2 aromatic heterocycles. The number of hydrogen-bond acceptors (Lipinski definition) is 6. The van der Waals surface area contributed by atoms with E-state index in [0.29, 0.717) is 23.0 Å². The summed E-state index contributed by atoms with van der Waals surface area (Å²) < 4.78 is 5.19. The molecule has 106 valence electrons. The molecule has 0 aliphatic heterocycles. The largest absolute Gasteiger partial charge is 0.506 e. The Hall–Kier alpha value is -2.34.